The van der Waals surface area contributed by atoms with Gasteiger partial charge in [0, 0.05) is 5.69 Å². The average Bonchev–Trinajstić information content (AvgIpc) is 2.61. The SMILES string of the molecule is CCCCN(CCCC)CCCC.Nc1cc(C(=O)O)cc(C(=O)O)c1. The Morgan fingerprint density at radius 2 is 1.15 bits per heavy atom. The zero-order valence-electron chi connectivity index (χ0n) is 16.3. The summed E-state index contributed by atoms with van der Waals surface area (Å²) in [6.45, 7) is 10.8. The van der Waals surface area contributed by atoms with E-state index in [1.807, 2.05) is 0 Å². The topological polar surface area (TPSA) is 104 Å². The van der Waals surface area contributed by atoms with Crippen LogP contribution in [-0.4, -0.2) is 46.7 Å². The molecular weight excluding hydrogens is 332 g/mol. The lowest BCUT2D eigenvalue weighted by molar-refractivity contribution is 0.0696. The summed E-state index contributed by atoms with van der Waals surface area (Å²) in [5.74, 6) is -2.40. The van der Waals surface area contributed by atoms with E-state index in [9.17, 15) is 9.59 Å². The van der Waals surface area contributed by atoms with E-state index in [1.165, 1.54) is 70.3 Å². The molecule has 0 aromatic heterocycles. The minimum Gasteiger partial charge on any atom is -0.478 e. The molecular formula is C20H34N2O4. The molecule has 0 heterocycles. The summed E-state index contributed by atoms with van der Waals surface area (Å²) in [5.41, 5.74) is 5.18. The van der Waals surface area contributed by atoms with Gasteiger partial charge in [0.1, 0.15) is 0 Å². The largest absolute Gasteiger partial charge is 0.478 e. The molecule has 0 aliphatic carbocycles. The van der Waals surface area contributed by atoms with Gasteiger partial charge < -0.3 is 20.8 Å². The number of anilines is 1. The molecule has 0 saturated carbocycles. The zero-order chi connectivity index (χ0) is 19.9. The monoisotopic (exact) mass is 366 g/mol. The van der Waals surface area contributed by atoms with Crippen molar-refractivity contribution in [3.8, 4) is 0 Å². The summed E-state index contributed by atoms with van der Waals surface area (Å²) in [7, 11) is 0. The lowest BCUT2D eigenvalue weighted by atomic mass is 10.1. The van der Waals surface area contributed by atoms with Gasteiger partial charge in [-0.1, -0.05) is 40.0 Å². The molecule has 0 fully saturated rings. The fourth-order valence-electron chi connectivity index (χ4n) is 2.38. The number of rotatable bonds is 11. The van der Waals surface area contributed by atoms with Crippen molar-refractivity contribution in [2.75, 3.05) is 25.4 Å². The number of hydrogen-bond acceptors (Lipinski definition) is 4. The number of carboxylic acids is 2. The molecule has 1 rings (SSSR count). The van der Waals surface area contributed by atoms with Crippen molar-refractivity contribution in [3.05, 3.63) is 29.3 Å². The second-order valence-corrected chi connectivity index (χ2v) is 6.36. The first-order valence-corrected chi connectivity index (χ1v) is 9.45. The highest BCUT2D eigenvalue weighted by atomic mass is 16.4. The molecule has 0 atom stereocenters. The molecule has 0 aliphatic rings. The van der Waals surface area contributed by atoms with Crippen LogP contribution >= 0.6 is 0 Å². The predicted molar refractivity (Wildman–Crippen MR) is 106 cm³/mol. The number of aromatic carboxylic acids is 2. The van der Waals surface area contributed by atoms with Crippen LogP contribution in [-0.2, 0) is 0 Å². The van der Waals surface area contributed by atoms with Crippen molar-refractivity contribution < 1.29 is 19.8 Å². The minimum atomic E-state index is -1.20. The van der Waals surface area contributed by atoms with E-state index < -0.39 is 11.9 Å². The van der Waals surface area contributed by atoms with Crippen molar-refractivity contribution in [2.45, 2.75) is 59.3 Å². The number of nitrogen functional groups attached to an aromatic ring is 1. The molecule has 0 unspecified atom stereocenters. The van der Waals surface area contributed by atoms with E-state index in [2.05, 4.69) is 25.7 Å². The average molecular weight is 367 g/mol. The van der Waals surface area contributed by atoms with Crippen LogP contribution in [0.5, 0.6) is 0 Å². The molecule has 0 saturated heterocycles. The van der Waals surface area contributed by atoms with Crippen LogP contribution in [0.1, 0.15) is 80.0 Å². The number of carbonyl (C=O) groups is 2. The Kier molecular flexibility index (Phi) is 13.0. The van der Waals surface area contributed by atoms with Gasteiger partial charge in [0.15, 0.2) is 0 Å². The van der Waals surface area contributed by atoms with Crippen LogP contribution in [0.15, 0.2) is 18.2 Å². The Balaban J connectivity index is 0.000000481. The highest BCUT2D eigenvalue weighted by Gasteiger charge is 2.09. The second-order valence-electron chi connectivity index (χ2n) is 6.36. The fourth-order valence-corrected chi connectivity index (χ4v) is 2.38. The molecule has 6 heteroatoms. The summed E-state index contributed by atoms with van der Waals surface area (Å²) < 4.78 is 0. The van der Waals surface area contributed by atoms with E-state index >= 15 is 0 Å². The molecule has 0 aliphatic heterocycles. The first kappa shape index (κ1) is 23.9. The van der Waals surface area contributed by atoms with Crippen molar-refractivity contribution in [1.29, 1.82) is 0 Å². The molecule has 4 N–H and O–H groups in total. The van der Waals surface area contributed by atoms with E-state index in [-0.39, 0.29) is 16.8 Å². The molecule has 26 heavy (non-hydrogen) atoms. The van der Waals surface area contributed by atoms with Crippen molar-refractivity contribution in [3.63, 3.8) is 0 Å². The van der Waals surface area contributed by atoms with Crippen LogP contribution in [0.2, 0.25) is 0 Å². The third-order valence-corrected chi connectivity index (χ3v) is 3.93. The lowest BCUT2D eigenvalue weighted by Gasteiger charge is -2.21. The Hall–Kier alpha value is -2.08. The molecule has 1 aromatic rings. The first-order chi connectivity index (χ1) is 12.3. The number of nitrogens with two attached hydrogens (primary N) is 1. The first-order valence-electron chi connectivity index (χ1n) is 9.45. The molecule has 148 valence electrons. The minimum absolute atomic E-state index is 0.123. The zero-order valence-corrected chi connectivity index (χ0v) is 16.3. The van der Waals surface area contributed by atoms with Crippen LogP contribution in [0, 0.1) is 0 Å². The van der Waals surface area contributed by atoms with Gasteiger partial charge in [0.05, 0.1) is 11.1 Å². The summed E-state index contributed by atoms with van der Waals surface area (Å²) in [4.78, 5) is 23.6. The third-order valence-electron chi connectivity index (χ3n) is 3.93. The maximum atomic E-state index is 10.5. The summed E-state index contributed by atoms with van der Waals surface area (Å²) >= 11 is 0. The normalized spacial score (nSPS) is 10.3. The van der Waals surface area contributed by atoms with Crippen LogP contribution < -0.4 is 5.73 Å². The van der Waals surface area contributed by atoms with Gasteiger partial charge in [0.2, 0.25) is 0 Å². The van der Waals surface area contributed by atoms with Gasteiger partial charge in [-0.3, -0.25) is 0 Å². The van der Waals surface area contributed by atoms with Crippen molar-refractivity contribution in [2.24, 2.45) is 0 Å². The molecule has 0 bridgehead atoms. The Morgan fingerprint density at radius 1 is 0.808 bits per heavy atom. The molecule has 0 radical (unpaired) electrons. The van der Waals surface area contributed by atoms with Gasteiger partial charge in [-0.05, 0) is 57.1 Å². The van der Waals surface area contributed by atoms with Gasteiger partial charge >= 0.3 is 11.9 Å². The molecule has 6 nitrogen and oxygen atoms in total. The summed E-state index contributed by atoms with van der Waals surface area (Å²) in [6, 6.07) is 3.46. The smallest absolute Gasteiger partial charge is 0.335 e. The number of carboxylic acid groups (broad SMARTS) is 2. The highest BCUT2D eigenvalue weighted by Crippen LogP contribution is 2.12. The van der Waals surface area contributed by atoms with Crippen LogP contribution in [0.25, 0.3) is 0 Å². The number of unbranched alkanes of at least 4 members (excludes halogenated alkanes) is 3. The van der Waals surface area contributed by atoms with Gasteiger partial charge in [-0.2, -0.15) is 0 Å². The van der Waals surface area contributed by atoms with Gasteiger partial charge in [-0.15, -0.1) is 0 Å². The molecule has 0 spiro atoms. The molecule has 1 aromatic carbocycles. The lowest BCUT2D eigenvalue weighted by Crippen LogP contribution is -2.27. The molecule has 0 amide bonds. The summed E-state index contributed by atoms with van der Waals surface area (Å²) in [5, 5.41) is 17.1. The highest BCUT2D eigenvalue weighted by molar-refractivity contribution is 5.95. The predicted octanol–water partition coefficient (Wildman–Crippen LogP) is 4.35. The maximum Gasteiger partial charge on any atom is 0.335 e. The number of benzene rings is 1. The Morgan fingerprint density at radius 3 is 1.42 bits per heavy atom. The van der Waals surface area contributed by atoms with E-state index in [0.29, 0.717) is 0 Å². The van der Waals surface area contributed by atoms with E-state index in [1.54, 1.807) is 0 Å². The van der Waals surface area contributed by atoms with E-state index in [4.69, 9.17) is 15.9 Å². The van der Waals surface area contributed by atoms with Gasteiger partial charge in [-0.25, -0.2) is 9.59 Å². The van der Waals surface area contributed by atoms with Crippen molar-refractivity contribution in [1.82, 2.24) is 4.90 Å². The number of nitrogens with zero attached hydrogens (tertiary/aromatic N) is 1. The Bertz CT molecular complexity index is 495. The van der Waals surface area contributed by atoms with Crippen molar-refractivity contribution >= 4 is 17.6 Å². The Labute approximate surface area is 157 Å². The fraction of sp³-hybridized carbons (Fsp3) is 0.600. The maximum absolute atomic E-state index is 10.5. The quantitative estimate of drug-likeness (QED) is 0.503. The third kappa shape index (κ3) is 10.7. The second kappa shape index (κ2) is 14.1. The van der Waals surface area contributed by atoms with Crippen LogP contribution in [0.4, 0.5) is 5.69 Å². The van der Waals surface area contributed by atoms with Crippen LogP contribution in [0.3, 0.4) is 0 Å². The summed E-state index contributed by atoms with van der Waals surface area (Å²) in [6.07, 6.45) is 8.09. The van der Waals surface area contributed by atoms with Gasteiger partial charge in [0.25, 0.3) is 0 Å². The number of hydrogen-bond donors (Lipinski definition) is 3. The van der Waals surface area contributed by atoms with E-state index in [0.717, 1.165) is 6.07 Å². The standard InChI is InChI=1S/C12H27N.C8H7NO4/c1-4-7-10-13(11-8-5-2)12-9-6-3;9-6-2-4(7(10)11)1-5(3-6)8(12)13/h4-12H2,1-3H3;1-3H,9H2,(H,10,11)(H,12,13).